The second kappa shape index (κ2) is 12.9. The molecule has 3 heterocycles. The average Bonchev–Trinajstić information content (AvgIpc) is 2.96. The van der Waals surface area contributed by atoms with Gasteiger partial charge < -0.3 is 25.1 Å². The van der Waals surface area contributed by atoms with Crippen molar-refractivity contribution < 1.29 is 9.53 Å². The van der Waals surface area contributed by atoms with Gasteiger partial charge in [-0.05, 0) is 42.4 Å². The molecule has 0 saturated carbocycles. The molecule has 2 aromatic carbocycles. The molecule has 2 saturated heterocycles. The first kappa shape index (κ1) is 26.2. The van der Waals surface area contributed by atoms with Gasteiger partial charge in [0.25, 0.3) is 0 Å². The summed E-state index contributed by atoms with van der Waals surface area (Å²) in [5, 5.41) is 6.62. The van der Waals surface area contributed by atoms with Gasteiger partial charge in [-0.3, -0.25) is 9.80 Å². The second-order valence-corrected chi connectivity index (χ2v) is 9.80. The van der Waals surface area contributed by atoms with E-state index in [9.17, 15) is 4.79 Å². The minimum atomic E-state index is 0.519. The first-order valence-corrected chi connectivity index (χ1v) is 13.4. The molecule has 9 heteroatoms. The summed E-state index contributed by atoms with van der Waals surface area (Å²) in [5.74, 6) is 0.578. The SMILES string of the molecule is CNCc1ccc(-c2ccnc(Nc3ccc(N4CCOCC4)c(CN4CCN(CC=O)CC4)c3)n2)cc1. The molecule has 0 radical (unpaired) electrons. The molecular weight excluding hydrogens is 478 g/mol. The molecule has 2 N–H and O–H groups in total. The maximum atomic E-state index is 10.9. The summed E-state index contributed by atoms with van der Waals surface area (Å²) < 4.78 is 5.60. The van der Waals surface area contributed by atoms with Crippen LogP contribution in [-0.4, -0.2) is 92.1 Å². The molecule has 9 nitrogen and oxygen atoms in total. The van der Waals surface area contributed by atoms with E-state index in [1.54, 1.807) is 6.20 Å². The Labute approximate surface area is 224 Å². The molecule has 3 aromatic rings. The number of aldehydes is 1. The van der Waals surface area contributed by atoms with E-state index < -0.39 is 0 Å². The number of ether oxygens (including phenoxy) is 1. The lowest BCUT2D eigenvalue weighted by Crippen LogP contribution is -2.46. The van der Waals surface area contributed by atoms with Crippen LogP contribution in [0.15, 0.2) is 54.7 Å². The highest BCUT2D eigenvalue weighted by atomic mass is 16.5. The van der Waals surface area contributed by atoms with Gasteiger partial charge in [-0.1, -0.05) is 24.3 Å². The van der Waals surface area contributed by atoms with E-state index in [0.29, 0.717) is 12.5 Å². The second-order valence-electron chi connectivity index (χ2n) is 9.80. The van der Waals surface area contributed by atoms with Gasteiger partial charge in [0.2, 0.25) is 5.95 Å². The van der Waals surface area contributed by atoms with Crippen LogP contribution in [0.3, 0.4) is 0 Å². The molecule has 2 aliphatic heterocycles. The number of nitrogens with zero attached hydrogens (tertiary/aromatic N) is 5. The summed E-state index contributed by atoms with van der Waals surface area (Å²) in [5.41, 5.74) is 6.69. The van der Waals surface area contributed by atoms with Crippen LogP contribution in [0.5, 0.6) is 0 Å². The van der Waals surface area contributed by atoms with Crippen molar-refractivity contribution in [3.8, 4) is 11.3 Å². The molecule has 2 fully saturated rings. The predicted molar refractivity (Wildman–Crippen MR) is 151 cm³/mol. The van der Waals surface area contributed by atoms with Crippen LogP contribution in [0, 0.1) is 0 Å². The molecule has 0 aliphatic carbocycles. The average molecular weight is 516 g/mol. The van der Waals surface area contributed by atoms with E-state index in [2.05, 4.69) is 72.8 Å². The number of rotatable bonds is 10. The summed E-state index contributed by atoms with van der Waals surface area (Å²) in [7, 11) is 1.95. The van der Waals surface area contributed by atoms with Crippen molar-refractivity contribution in [2.75, 3.05) is 76.3 Å². The Hall–Kier alpha value is -3.37. The monoisotopic (exact) mass is 515 g/mol. The van der Waals surface area contributed by atoms with Crippen LogP contribution < -0.4 is 15.5 Å². The van der Waals surface area contributed by atoms with Crippen molar-refractivity contribution >= 4 is 23.6 Å². The number of morpholine rings is 1. The minimum Gasteiger partial charge on any atom is -0.378 e. The third-order valence-electron chi connectivity index (χ3n) is 7.17. The lowest BCUT2D eigenvalue weighted by Gasteiger charge is -2.36. The van der Waals surface area contributed by atoms with Gasteiger partial charge in [-0.2, -0.15) is 0 Å². The van der Waals surface area contributed by atoms with E-state index in [0.717, 1.165) is 88.8 Å². The Morgan fingerprint density at radius 2 is 1.71 bits per heavy atom. The van der Waals surface area contributed by atoms with E-state index in [1.165, 1.54) is 16.8 Å². The molecule has 0 unspecified atom stereocenters. The third kappa shape index (κ3) is 6.73. The predicted octanol–water partition coefficient (Wildman–Crippen LogP) is 2.76. The zero-order valence-corrected chi connectivity index (χ0v) is 22.1. The molecule has 0 bridgehead atoms. The zero-order valence-electron chi connectivity index (χ0n) is 22.1. The fraction of sp³-hybridized carbons (Fsp3) is 0.414. The number of nitrogens with one attached hydrogen (secondary N) is 2. The number of hydrogen-bond donors (Lipinski definition) is 2. The molecule has 0 amide bonds. The quantitative estimate of drug-likeness (QED) is 0.396. The van der Waals surface area contributed by atoms with Gasteiger partial charge in [-0.25, -0.2) is 9.97 Å². The Balaban J connectivity index is 1.33. The zero-order chi connectivity index (χ0) is 26.2. The first-order valence-electron chi connectivity index (χ1n) is 13.4. The summed E-state index contributed by atoms with van der Waals surface area (Å²) >= 11 is 0. The highest BCUT2D eigenvalue weighted by molar-refractivity contribution is 5.66. The number of carbonyl (C=O) groups excluding carboxylic acids is 1. The number of benzene rings is 2. The Morgan fingerprint density at radius 3 is 2.45 bits per heavy atom. The highest BCUT2D eigenvalue weighted by Crippen LogP contribution is 2.28. The number of aromatic nitrogens is 2. The molecule has 200 valence electrons. The highest BCUT2D eigenvalue weighted by Gasteiger charge is 2.21. The van der Waals surface area contributed by atoms with E-state index >= 15 is 0 Å². The molecule has 38 heavy (non-hydrogen) atoms. The van der Waals surface area contributed by atoms with Gasteiger partial charge in [0.1, 0.15) is 6.29 Å². The molecular formula is C29H37N7O2. The maximum Gasteiger partial charge on any atom is 0.227 e. The van der Waals surface area contributed by atoms with E-state index in [-0.39, 0.29) is 0 Å². The number of piperazine rings is 1. The number of carbonyl (C=O) groups is 1. The van der Waals surface area contributed by atoms with E-state index in [4.69, 9.17) is 9.72 Å². The Morgan fingerprint density at radius 1 is 0.947 bits per heavy atom. The fourth-order valence-corrected chi connectivity index (χ4v) is 5.09. The van der Waals surface area contributed by atoms with Crippen LogP contribution in [0.2, 0.25) is 0 Å². The smallest absolute Gasteiger partial charge is 0.227 e. The molecule has 1 aromatic heterocycles. The summed E-state index contributed by atoms with van der Waals surface area (Å²) in [4.78, 5) is 27.3. The van der Waals surface area contributed by atoms with Crippen molar-refractivity contribution in [1.29, 1.82) is 0 Å². The van der Waals surface area contributed by atoms with Crippen molar-refractivity contribution in [1.82, 2.24) is 25.1 Å². The lowest BCUT2D eigenvalue weighted by molar-refractivity contribution is -0.109. The van der Waals surface area contributed by atoms with Crippen LogP contribution in [0.1, 0.15) is 11.1 Å². The minimum absolute atomic E-state index is 0.519. The summed E-state index contributed by atoms with van der Waals surface area (Å²) in [6.45, 7) is 9.24. The maximum absolute atomic E-state index is 10.9. The van der Waals surface area contributed by atoms with Crippen molar-refractivity contribution in [3.63, 3.8) is 0 Å². The van der Waals surface area contributed by atoms with Gasteiger partial charge in [0.15, 0.2) is 0 Å². The van der Waals surface area contributed by atoms with Crippen LogP contribution >= 0.6 is 0 Å². The normalized spacial score (nSPS) is 16.9. The molecule has 0 atom stereocenters. The Bertz CT molecular complexity index is 1190. The fourth-order valence-electron chi connectivity index (χ4n) is 5.09. The first-order chi connectivity index (χ1) is 18.7. The van der Waals surface area contributed by atoms with Gasteiger partial charge in [0, 0.05) is 75.5 Å². The van der Waals surface area contributed by atoms with Gasteiger partial charge in [0.05, 0.1) is 25.5 Å². The summed E-state index contributed by atoms with van der Waals surface area (Å²) in [6.07, 6.45) is 2.80. The van der Waals surface area contributed by atoms with E-state index in [1.807, 2.05) is 13.1 Å². The molecule has 0 spiro atoms. The van der Waals surface area contributed by atoms with Crippen molar-refractivity contribution in [3.05, 3.63) is 65.9 Å². The van der Waals surface area contributed by atoms with Gasteiger partial charge >= 0.3 is 0 Å². The molecule has 2 aliphatic rings. The number of anilines is 3. The lowest BCUT2D eigenvalue weighted by atomic mass is 10.1. The van der Waals surface area contributed by atoms with Gasteiger partial charge in [-0.15, -0.1) is 0 Å². The standard InChI is InChI=1S/C29H37N7O2/c1-30-21-23-2-4-24(5-3-23)27-8-9-31-29(33-27)32-26-6-7-28(36-15-18-38-19-16-36)25(20-26)22-35-12-10-34(11-13-35)14-17-37/h2-9,17,20,30H,10-16,18-19,21-22H2,1H3,(H,31,32,33). The topological polar surface area (TPSA) is 85.9 Å². The van der Waals surface area contributed by atoms with Crippen molar-refractivity contribution in [2.24, 2.45) is 0 Å². The van der Waals surface area contributed by atoms with Crippen LogP contribution in [0.25, 0.3) is 11.3 Å². The largest absolute Gasteiger partial charge is 0.378 e. The van der Waals surface area contributed by atoms with Crippen LogP contribution in [0.4, 0.5) is 17.3 Å². The third-order valence-corrected chi connectivity index (χ3v) is 7.17. The Kier molecular flexibility index (Phi) is 8.93. The molecule has 5 rings (SSSR count). The summed E-state index contributed by atoms with van der Waals surface area (Å²) in [6, 6.07) is 16.9. The van der Waals surface area contributed by atoms with Crippen LogP contribution in [-0.2, 0) is 22.6 Å². The number of hydrogen-bond acceptors (Lipinski definition) is 9. The van der Waals surface area contributed by atoms with Crippen molar-refractivity contribution in [2.45, 2.75) is 13.1 Å².